The number of rotatable bonds is 7. The molecule has 0 spiro atoms. The molecule has 0 bridgehead atoms. The second-order valence-corrected chi connectivity index (χ2v) is 5.03. The highest BCUT2D eigenvalue weighted by Crippen LogP contribution is 2.11. The topological polar surface area (TPSA) is 92.9 Å². The molecule has 2 rings (SSSR count). The Balaban J connectivity index is 1.78. The lowest BCUT2D eigenvalue weighted by Gasteiger charge is -2.05. The second-order valence-electron chi connectivity index (χ2n) is 5.03. The quantitative estimate of drug-likeness (QED) is 0.457. The molecule has 7 nitrogen and oxygen atoms in total. The summed E-state index contributed by atoms with van der Waals surface area (Å²) in [6.07, 6.45) is 4.31. The van der Waals surface area contributed by atoms with Crippen molar-refractivity contribution in [1.29, 1.82) is 0 Å². The number of methoxy groups -OCH3 is 1. The van der Waals surface area contributed by atoms with Crippen LogP contribution in [0.3, 0.4) is 0 Å². The molecule has 2 amide bonds. The molecule has 0 aliphatic heterocycles. The van der Waals surface area contributed by atoms with Crippen LogP contribution in [0.1, 0.15) is 18.2 Å². The number of hydrogen-bond acceptors (Lipinski definition) is 5. The fraction of sp³-hybridized carbons (Fsp3) is 0.167. The summed E-state index contributed by atoms with van der Waals surface area (Å²) in [5, 5.41) is 6.46. The van der Waals surface area contributed by atoms with E-state index in [1.54, 1.807) is 26.2 Å². The lowest BCUT2D eigenvalue weighted by atomic mass is 10.1. The Morgan fingerprint density at radius 3 is 2.64 bits per heavy atom. The van der Waals surface area contributed by atoms with Crippen molar-refractivity contribution in [3.05, 3.63) is 60.1 Å². The van der Waals surface area contributed by atoms with Crippen molar-refractivity contribution in [3.63, 3.8) is 0 Å². The van der Waals surface area contributed by atoms with E-state index in [1.807, 2.05) is 24.3 Å². The molecular formula is C18H19N3O4. The fourth-order valence-corrected chi connectivity index (χ4v) is 1.85. The van der Waals surface area contributed by atoms with Crippen LogP contribution in [0.4, 0.5) is 0 Å². The van der Waals surface area contributed by atoms with Gasteiger partial charge in [-0.15, -0.1) is 0 Å². The fourth-order valence-electron chi connectivity index (χ4n) is 1.85. The van der Waals surface area contributed by atoms with Crippen molar-refractivity contribution in [2.75, 3.05) is 13.7 Å². The third-order valence-corrected chi connectivity index (χ3v) is 3.22. The highest BCUT2D eigenvalue weighted by molar-refractivity contribution is 5.99. The third kappa shape index (κ3) is 5.98. The number of nitrogens with one attached hydrogen (secondary N) is 2. The van der Waals surface area contributed by atoms with E-state index in [4.69, 9.17) is 9.15 Å². The number of ether oxygens (including phenoxy) is 1. The average molecular weight is 341 g/mol. The Kier molecular flexibility index (Phi) is 6.53. The van der Waals surface area contributed by atoms with E-state index in [0.29, 0.717) is 11.5 Å². The van der Waals surface area contributed by atoms with Crippen LogP contribution in [0.25, 0.3) is 6.08 Å². The van der Waals surface area contributed by atoms with Crippen LogP contribution >= 0.6 is 0 Å². The Morgan fingerprint density at radius 1 is 1.24 bits per heavy atom. The minimum absolute atomic E-state index is 0.180. The van der Waals surface area contributed by atoms with E-state index < -0.39 is 11.8 Å². The van der Waals surface area contributed by atoms with Gasteiger partial charge in [0.1, 0.15) is 11.5 Å². The van der Waals surface area contributed by atoms with E-state index in [1.165, 1.54) is 18.4 Å². The molecule has 0 atom stereocenters. The van der Waals surface area contributed by atoms with Gasteiger partial charge in [-0.2, -0.15) is 5.10 Å². The predicted octanol–water partition coefficient (Wildman–Crippen LogP) is 1.96. The van der Waals surface area contributed by atoms with Crippen LogP contribution in [0.2, 0.25) is 0 Å². The number of nitrogens with zero attached hydrogens (tertiary/aromatic N) is 1. The molecule has 1 heterocycles. The number of benzene rings is 1. The summed E-state index contributed by atoms with van der Waals surface area (Å²) in [4.78, 5) is 23.3. The first-order chi connectivity index (χ1) is 12.1. The lowest BCUT2D eigenvalue weighted by Crippen LogP contribution is -2.34. The maximum absolute atomic E-state index is 11.7. The monoisotopic (exact) mass is 341 g/mol. The molecule has 0 aliphatic carbocycles. The van der Waals surface area contributed by atoms with Gasteiger partial charge in [-0.3, -0.25) is 9.59 Å². The van der Waals surface area contributed by atoms with Gasteiger partial charge in [0.25, 0.3) is 5.91 Å². The first-order valence-electron chi connectivity index (χ1n) is 7.55. The predicted molar refractivity (Wildman–Crippen MR) is 94.1 cm³/mol. The molecule has 0 saturated carbocycles. The van der Waals surface area contributed by atoms with Gasteiger partial charge in [-0.05, 0) is 55.0 Å². The molecule has 0 fully saturated rings. The molecule has 0 unspecified atom stereocenters. The molecule has 1 aromatic heterocycles. The average Bonchev–Trinajstić information content (AvgIpc) is 3.16. The molecule has 0 saturated heterocycles. The molecule has 2 aromatic rings. The van der Waals surface area contributed by atoms with Gasteiger partial charge < -0.3 is 14.5 Å². The first kappa shape index (κ1) is 18.0. The minimum atomic E-state index is -0.424. The van der Waals surface area contributed by atoms with Gasteiger partial charge >= 0.3 is 0 Å². The van der Waals surface area contributed by atoms with Crippen LogP contribution in [-0.4, -0.2) is 31.2 Å². The first-order valence-corrected chi connectivity index (χ1v) is 7.55. The van der Waals surface area contributed by atoms with Crippen LogP contribution in [0.5, 0.6) is 5.75 Å². The van der Waals surface area contributed by atoms with E-state index >= 15 is 0 Å². The molecule has 2 N–H and O–H groups in total. The minimum Gasteiger partial charge on any atom is -0.497 e. The summed E-state index contributed by atoms with van der Waals surface area (Å²) < 4.78 is 10.1. The molecule has 130 valence electrons. The molecule has 25 heavy (non-hydrogen) atoms. The maximum Gasteiger partial charge on any atom is 0.259 e. The van der Waals surface area contributed by atoms with E-state index in [-0.39, 0.29) is 6.54 Å². The second kappa shape index (κ2) is 9.07. The van der Waals surface area contributed by atoms with Crippen molar-refractivity contribution in [2.45, 2.75) is 6.92 Å². The van der Waals surface area contributed by atoms with Crippen LogP contribution in [-0.2, 0) is 9.59 Å². The van der Waals surface area contributed by atoms with Crippen molar-refractivity contribution >= 4 is 23.6 Å². The third-order valence-electron chi connectivity index (χ3n) is 3.22. The van der Waals surface area contributed by atoms with Gasteiger partial charge in [0.05, 0.1) is 25.6 Å². The summed E-state index contributed by atoms with van der Waals surface area (Å²) >= 11 is 0. The molecule has 0 aliphatic rings. The zero-order chi connectivity index (χ0) is 18.1. The number of carbonyl (C=O) groups excluding carboxylic acids is 2. The smallest absolute Gasteiger partial charge is 0.259 e. The number of hydrazone groups is 1. The van der Waals surface area contributed by atoms with E-state index in [9.17, 15) is 9.59 Å². The summed E-state index contributed by atoms with van der Waals surface area (Å²) in [6, 6.07) is 10.7. The maximum atomic E-state index is 11.7. The van der Waals surface area contributed by atoms with Crippen molar-refractivity contribution in [1.82, 2.24) is 10.7 Å². The number of amides is 2. The highest BCUT2D eigenvalue weighted by atomic mass is 16.5. The Labute approximate surface area is 145 Å². The zero-order valence-corrected chi connectivity index (χ0v) is 14.0. The molecule has 7 heteroatoms. The standard InChI is InChI=1S/C18H19N3O4/c1-13(14-5-7-15(24-2)8-6-14)20-21-18(23)12-19-17(22)10-9-16-4-3-11-25-16/h3-11H,12H2,1-2H3,(H,19,22)(H,21,23)/b10-9-,20-13+. The molecule has 1 aromatic carbocycles. The normalized spacial score (nSPS) is 11.4. The summed E-state index contributed by atoms with van der Waals surface area (Å²) in [7, 11) is 1.59. The van der Waals surface area contributed by atoms with Gasteiger partial charge in [0.2, 0.25) is 5.91 Å². The van der Waals surface area contributed by atoms with Gasteiger partial charge in [-0.25, -0.2) is 5.43 Å². The SMILES string of the molecule is COc1ccc(/C(C)=N/NC(=O)CNC(=O)/C=C\c2ccco2)cc1. The Bertz CT molecular complexity index is 762. The van der Waals surface area contributed by atoms with Crippen molar-refractivity contribution < 1.29 is 18.7 Å². The van der Waals surface area contributed by atoms with Crippen LogP contribution < -0.4 is 15.5 Å². The number of furan rings is 1. The van der Waals surface area contributed by atoms with E-state index in [2.05, 4.69) is 15.8 Å². The lowest BCUT2D eigenvalue weighted by molar-refractivity contribution is -0.123. The Hall–Kier alpha value is -3.35. The molecular weight excluding hydrogens is 322 g/mol. The van der Waals surface area contributed by atoms with Gasteiger partial charge in [-0.1, -0.05) is 0 Å². The Morgan fingerprint density at radius 2 is 2.00 bits per heavy atom. The summed E-state index contributed by atoms with van der Waals surface area (Å²) in [5.74, 6) is 0.472. The molecule has 0 radical (unpaired) electrons. The highest BCUT2D eigenvalue weighted by Gasteiger charge is 2.04. The summed E-state index contributed by atoms with van der Waals surface area (Å²) in [6.45, 7) is 1.59. The summed E-state index contributed by atoms with van der Waals surface area (Å²) in [5.41, 5.74) is 3.89. The van der Waals surface area contributed by atoms with Crippen LogP contribution in [0, 0.1) is 0 Å². The van der Waals surface area contributed by atoms with Gasteiger partial charge in [0.15, 0.2) is 0 Å². The number of carbonyl (C=O) groups is 2. The largest absolute Gasteiger partial charge is 0.497 e. The van der Waals surface area contributed by atoms with Crippen LogP contribution in [0.15, 0.2) is 58.3 Å². The van der Waals surface area contributed by atoms with Gasteiger partial charge in [0, 0.05) is 6.08 Å². The van der Waals surface area contributed by atoms with E-state index in [0.717, 1.165) is 11.3 Å². The number of hydrogen-bond donors (Lipinski definition) is 2. The zero-order valence-electron chi connectivity index (χ0n) is 14.0. The van der Waals surface area contributed by atoms with Crippen molar-refractivity contribution in [2.24, 2.45) is 5.10 Å². The van der Waals surface area contributed by atoms with Crippen molar-refractivity contribution in [3.8, 4) is 5.75 Å².